The lowest BCUT2D eigenvalue weighted by Gasteiger charge is -2.05. The molecule has 1 aliphatic carbocycles. The maximum Gasteiger partial charge on any atom is 0.115 e. The summed E-state index contributed by atoms with van der Waals surface area (Å²) >= 11 is 0. The zero-order valence-electron chi connectivity index (χ0n) is 9.24. The Kier molecular flexibility index (Phi) is 7.42. The SMILES string of the molecule is C1CCC1.c1cncnc1.c1cncnc1. The van der Waals surface area contributed by atoms with Gasteiger partial charge in [0.25, 0.3) is 0 Å². The summed E-state index contributed by atoms with van der Waals surface area (Å²) in [6.07, 6.45) is 15.8. The fourth-order valence-corrected chi connectivity index (χ4v) is 0.757. The van der Waals surface area contributed by atoms with Crippen LogP contribution < -0.4 is 0 Å². The third-order valence-corrected chi connectivity index (χ3v) is 1.96. The van der Waals surface area contributed by atoms with E-state index in [1.165, 1.54) is 38.3 Å². The van der Waals surface area contributed by atoms with Gasteiger partial charge in [0, 0.05) is 24.8 Å². The van der Waals surface area contributed by atoms with E-state index in [0.29, 0.717) is 0 Å². The first-order chi connectivity index (χ1) is 8.00. The second-order valence-electron chi connectivity index (χ2n) is 3.22. The standard InChI is InChI=1S/2C4H4N2.C4H8/c2*1-2-5-4-6-3-1;1-2-4-3-1/h2*1-4H;1-4H2. The Morgan fingerprint density at radius 1 is 0.500 bits per heavy atom. The first-order valence-electron chi connectivity index (χ1n) is 5.40. The van der Waals surface area contributed by atoms with E-state index in [4.69, 9.17) is 0 Å². The minimum absolute atomic E-state index is 1.50. The first kappa shape index (κ1) is 12.2. The summed E-state index contributed by atoms with van der Waals surface area (Å²) in [7, 11) is 0. The smallest absolute Gasteiger partial charge is 0.115 e. The summed E-state index contributed by atoms with van der Waals surface area (Å²) in [4.78, 5) is 14.7. The van der Waals surface area contributed by atoms with Crippen LogP contribution in [0.3, 0.4) is 0 Å². The van der Waals surface area contributed by atoms with Gasteiger partial charge < -0.3 is 0 Å². The average Bonchev–Trinajstić information content (AvgIpc) is 2.32. The molecular formula is C12H16N4. The summed E-state index contributed by atoms with van der Waals surface area (Å²) < 4.78 is 0. The van der Waals surface area contributed by atoms with Crippen LogP contribution in [0.1, 0.15) is 25.7 Å². The Morgan fingerprint density at radius 3 is 0.875 bits per heavy atom. The third-order valence-electron chi connectivity index (χ3n) is 1.96. The number of aromatic nitrogens is 4. The van der Waals surface area contributed by atoms with Gasteiger partial charge in [0.2, 0.25) is 0 Å². The Bertz CT molecular complexity index is 232. The third kappa shape index (κ3) is 7.55. The second-order valence-corrected chi connectivity index (χ2v) is 3.22. The molecule has 2 aromatic rings. The van der Waals surface area contributed by atoms with Gasteiger partial charge in [0.1, 0.15) is 12.7 Å². The zero-order chi connectivity index (χ0) is 11.3. The molecule has 0 spiro atoms. The van der Waals surface area contributed by atoms with Crippen LogP contribution in [0.15, 0.2) is 49.6 Å². The summed E-state index contributed by atoms with van der Waals surface area (Å²) in [6.45, 7) is 0. The van der Waals surface area contributed by atoms with E-state index in [-0.39, 0.29) is 0 Å². The lowest BCUT2D eigenvalue weighted by Crippen LogP contribution is -1.85. The van der Waals surface area contributed by atoms with E-state index in [9.17, 15) is 0 Å². The van der Waals surface area contributed by atoms with Gasteiger partial charge in [-0.2, -0.15) is 0 Å². The van der Waals surface area contributed by atoms with E-state index in [1.54, 1.807) is 36.9 Å². The normalized spacial score (nSPS) is 12.0. The van der Waals surface area contributed by atoms with Gasteiger partial charge in [-0.05, 0) is 12.1 Å². The Hall–Kier alpha value is -1.84. The van der Waals surface area contributed by atoms with E-state index in [1.807, 2.05) is 0 Å². The molecule has 1 aliphatic rings. The molecule has 1 fully saturated rings. The van der Waals surface area contributed by atoms with Crippen molar-refractivity contribution in [2.24, 2.45) is 0 Å². The largest absolute Gasteiger partial charge is 0.245 e. The van der Waals surface area contributed by atoms with Gasteiger partial charge in [-0.15, -0.1) is 0 Å². The number of nitrogens with zero attached hydrogens (tertiary/aromatic N) is 4. The molecule has 0 saturated heterocycles. The van der Waals surface area contributed by atoms with E-state index < -0.39 is 0 Å². The van der Waals surface area contributed by atoms with Crippen LogP contribution in [-0.2, 0) is 0 Å². The molecule has 0 atom stereocenters. The Labute approximate surface area is 95.8 Å². The van der Waals surface area contributed by atoms with Crippen molar-refractivity contribution in [3.8, 4) is 0 Å². The van der Waals surface area contributed by atoms with Gasteiger partial charge in [-0.25, -0.2) is 19.9 Å². The minimum Gasteiger partial charge on any atom is -0.245 e. The molecular weight excluding hydrogens is 200 g/mol. The second kappa shape index (κ2) is 9.71. The lowest BCUT2D eigenvalue weighted by molar-refractivity contribution is 0.504. The highest BCUT2D eigenvalue weighted by Crippen LogP contribution is 2.15. The van der Waals surface area contributed by atoms with Crippen LogP contribution in [0.25, 0.3) is 0 Å². The van der Waals surface area contributed by atoms with E-state index in [0.717, 1.165) is 0 Å². The molecule has 0 unspecified atom stereocenters. The van der Waals surface area contributed by atoms with Crippen LogP contribution >= 0.6 is 0 Å². The number of hydrogen-bond donors (Lipinski definition) is 0. The highest BCUT2D eigenvalue weighted by atomic mass is 14.8. The van der Waals surface area contributed by atoms with Crippen molar-refractivity contribution in [2.45, 2.75) is 25.7 Å². The van der Waals surface area contributed by atoms with Crippen molar-refractivity contribution < 1.29 is 0 Å². The van der Waals surface area contributed by atoms with Crippen molar-refractivity contribution in [1.29, 1.82) is 0 Å². The minimum atomic E-state index is 1.50. The monoisotopic (exact) mass is 216 g/mol. The lowest BCUT2D eigenvalue weighted by atomic mass is 10.0. The zero-order valence-corrected chi connectivity index (χ0v) is 9.24. The molecule has 84 valence electrons. The van der Waals surface area contributed by atoms with Crippen molar-refractivity contribution in [3.05, 3.63) is 49.6 Å². The van der Waals surface area contributed by atoms with Gasteiger partial charge in [0.15, 0.2) is 0 Å². The van der Waals surface area contributed by atoms with Crippen molar-refractivity contribution in [3.63, 3.8) is 0 Å². The highest BCUT2D eigenvalue weighted by molar-refractivity contribution is 4.74. The van der Waals surface area contributed by atoms with E-state index >= 15 is 0 Å². The molecule has 0 N–H and O–H groups in total. The van der Waals surface area contributed by atoms with Crippen molar-refractivity contribution in [2.75, 3.05) is 0 Å². The van der Waals surface area contributed by atoms with Crippen LogP contribution in [-0.4, -0.2) is 19.9 Å². The van der Waals surface area contributed by atoms with Gasteiger partial charge in [-0.3, -0.25) is 0 Å². The maximum absolute atomic E-state index is 3.67. The fourth-order valence-electron chi connectivity index (χ4n) is 0.757. The summed E-state index contributed by atoms with van der Waals surface area (Å²) in [6, 6.07) is 3.56. The quantitative estimate of drug-likeness (QED) is 0.679. The molecule has 2 aromatic heterocycles. The summed E-state index contributed by atoms with van der Waals surface area (Å²) in [5.74, 6) is 0. The predicted octanol–water partition coefficient (Wildman–Crippen LogP) is 2.51. The molecule has 4 heteroatoms. The topological polar surface area (TPSA) is 51.6 Å². The molecule has 0 radical (unpaired) electrons. The number of hydrogen-bond acceptors (Lipinski definition) is 4. The van der Waals surface area contributed by atoms with Crippen molar-refractivity contribution in [1.82, 2.24) is 19.9 Å². The summed E-state index contributed by atoms with van der Waals surface area (Å²) in [5.41, 5.74) is 0. The average molecular weight is 216 g/mol. The molecule has 2 heterocycles. The van der Waals surface area contributed by atoms with Crippen LogP contribution in [0.5, 0.6) is 0 Å². The molecule has 0 bridgehead atoms. The summed E-state index contributed by atoms with van der Waals surface area (Å²) in [5, 5.41) is 0. The van der Waals surface area contributed by atoms with Crippen LogP contribution in [0, 0.1) is 0 Å². The van der Waals surface area contributed by atoms with Gasteiger partial charge >= 0.3 is 0 Å². The fraction of sp³-hybridized carbons (Fsp3) is 0.333. The Balaban J connectivity index is 0.000000123. The molecule has 0 aromatic carbocycles. The number of rotatable bonds is 0. The highest BCUT2D eigenvalue weighted by Gasteiger charge is 1.95. The maximum atomic E-state index is 3.67. The molecule has 4 nitrogen and oxygen atoms in total. The molecule has 1 saturated carbocycles. The molecule has 3 rings (SSSR count). The van der Waals surface area contributed by atoms with Crippen molar-refractivity contribution >= 4 is 0 Å². The molecule has 0 aliphatic heterocycles. The van der Waals surface area contributed by atoms with E-state index in [2.05, 4.69) is 19.9 Å². The first-order valence-corrected chi connectivity index (χ1v) is 5.40. The van der Waals surface area contributed by atoms with Crippen LogP contribution in [0.2, 0.25) is 0 Å². The predicted molar refractivity (Wildman–Crippen MR) is 62.5 cm³/mol. The Morgan fingerprint density at radius 2 is 0.812 bits per heavy atom. The van der Waals surface area contributed by atoms with Crippen LogP contribution in [0.4, 0.5) is 0 Å². The molecule has 16 heavy (non-hydrogen) atoms. The molecule has 0 amide bonds. The van der Waals surface area contributed by atoms with Gasteiger partial charge in [-0.1, -0.05) is 25.7 Å². The van der Waals surface area contributed by atoms with Gasteiger partial charge in [0.05, 0.1) is 0 Å².